The first kappa shape index (κ1) is 17.2. The molecule has 24 heavy (non-hydrogen) atoms. The summed E-state index contributed by atoms with van der Waals surface area (Å²) in [6.07, 6.45) is 0. The third kappa shape index (κ3) is 5.24. The van der Waals surface area contributed by atoms with Gasteiger partial charge in [-0.1, -0.05) is 36.4 Å². The van der Waals surface area contributed by atoms with Crippen molar-refractivity contribution in [2.45, 2.75) is 6.92 Å². The molecule has 0 spiro atoms. The first-order valence-corrected chi connectivity index (χ1v) is 7.51. The van der Waals surface area contributed by atoms with Crippen LogP contribution in [0.2, 0.25) is 0 Å². The van der Waals surface area contributed by atoms with Crippen LogP contribution in [0.3, 0.4) is 0 Å². The molecular formula is C18H19N3O3. The van der Waals surface area contributed by atoms with Gasteiger partial charge in [0.2, 0.25) is 17.7 Å². The van der Waals surface area contributed by atoms with Gasteiger partial charge in [0, 0.05) is 18.3 Å². The molecule has 0 aliphatic heterocycles. The number of hydrogen-bond acceptors (Lipinski definition) is 3. The fraction of sp³-hybridized carbons (Fsp3) is 0.167. The Morgan fingerprint density at radius 1 is 0.875 bits per heavy atom. The zero-order chi connectivity index (χ0) is 17.4. The van der Waals surface area contributed by atoms with Gasteiger partial charge in [-0.2, -0.15) is 0 Å². The molecule has 2 aromatic rings. The summed E-state index contributed by atoms with van der Waals surface area (Å²) in [5.74, 6) is -0.981. The van der Waals surface area contributed by atoms with Crippen molar-refractivity contribution in [3.8, 4) is 0 Å². The topological polar surface area (TPSA) is 78.5 Å². The highest BCUT2D eigenvalue weighted by Gasteiger charge is 2.16. The second-order valence-corrected chi connectivity index (χ2v) is 5.13. The van der Waals surface area contributed by atoms with Crippen LogP contribution in [0.1, 0.15) is 6.92 Å². The normalized spacial score (nSPS) is 9.88. The zero-order valence-corrected chi connectivity index (χ0v) is 13.4. The van der Waals surface area contributed by atoms with Gasteiger partial charge in [-0.05, 0) is 24.3 Å². The summed E-state index contributed by atoms with van der Waals surface area (Å²) in [4.78, 5) is 36.9. The number of amides is 3. The number of rotatable bonds is 6. The molecule has 6 heteroatoms. The molecule has 0 heterocycles. The first-order chi connectivity index (χ1) is 11.6. The van der Waals surface area contributed by atoms with Crippen LogP contribution in [0.25, 0.3) is 0 Å². The Kier molecular flexibility index (Phi) is 6.08. The molecule has 0 fully saturated rings. The largest absolute Gasteiger partial charge is 0.345 e. The van der Waals surface area contributed by atoms with Crippen molar-refractivity contribution in [3.05, 3.63) is 60.7 Å². The van der Waals surface area contributed by atoms with E-state index >= 15 is 0 Å². The second kappa shape index (κ2) is 8.47. The van der Waals surface area contributed by atoms with Crippen molar-refractivity contribution in [2.75, 3.05) is 23.3 Å². The molecule has 0 saturated carbocycles. The lowest BCUT2D eigenvalue weighted by Gasteiger charge is -2.20. The average Bonchev–Trinajstić information content (AvgIpc) is 2.59. The molecular weight excluding hydrogens is 306 g/mol. The Labute approximate surface area is 140 Å². The lowest BCUT2D eigenvalue weighted by atomic mass is 10.3. The molecule has 0 aliphatic rings. The van der Waals surface area contributed by atoms with E-state index in [0.29, 0.717) is 11.4 Å². The van der Waals surface area contributed by atoms with E-state index in [4.69, 9.17) is 0 Å². The van der Waals surface area contributed by atoms with Gasteiger partial charge in [-0.25, -0.2) is 0 Å². The van der Waals surface area contributed by atoms with Gasteiger partial charge in [0.15, 0.2) is 0 Å². The van der Waals surface area contributed by atoms with E-state index in [0.717, 1.165) is 0 Å². The van der Waals surface area contributed by atoms with Gasteiger partial charge in [0.05, 0.1) is 6.54 Å². The Hall–Kier alpha value is -3.15. The van der Waals surface area contributed by atoms with Crippen LogP contribution in [0.4, 0.5) is 11.4 Å². The average molecular weight is 325 g/mol. The molecule has 0 radical (unpaired) electrons. The highest BCUT2D eigenvalue weighted by molar-refractivity contribution is 5.99. The van der Waals surface area contributed by atoms with Crippen molar-refractivity contribution in [2.24, 2.45) is 0 Å². The summed E-state index contributed by atoms with van der Waals surface area (Å²) in [5.41, 5.74) is 1.29. The molecule has 0 aliphatic carbocycles. The van der Waals surface area contributed by atoms with Crippen LogP contribution in [-0.2, 0) is 14.4 Å². The number of hydrogen-bond donors (Lipinski definition) is 2. The van der Waals surface area contributed by atoms with Gasteiger partial charge >= 0.3 is 0 Å². The minimum atomic E-state index is -0.405. The lowest BCUT2D eigenvalue weighted by Crippen LogP contribution is -2.42. The third-order valence-corrected chi connectivity index (χ3v) is 3.25. The molecule has 2 aromatic carbocycles. The molecule has 2 N–H and O–H groups in total. The van der Waals surface area contributed by atoms with E-state index in [9.17, 15) is 14.4 Å². The maximum Gasteiger partial charge on any atom is 0.243 e. The highest BCUT2D eigenvalue weighted by Crippen LogP contribution is 2.12. The lowest BCUT2D eigenvalue weighted by molar-refractivity contribution is -0.124. The smallest absolute Gasteiger partial charge is 0.243 e. The quantitative estimate of drug-likeness (QED) is 0.850. The molecule has 0 aromatic heterocycles. The van der Waals surface area contributed by atoms with Crippen LogP contribution in [0, 0.1) is 0 Å². The molecule has 0 atom stereocenters. The van der Waals surface area contributed by atoms with Crippen molar-refractivity contribution >= 4 is 29.1 Å². The maximum absolute atomic E-state index is 12.0. The number of para-hydroxylation sites is 2. The van der Waals surface area contributed by atoms with E-state index in [1.165, 1.54) is 11.8 Å². The summed E-state index contributed by atoms with van der Waals surface area (Å²) >= 11 is 0. The van der Waals surface area contributed by atoms with E-state index in [1.54, 1.807) is 48.5 Å². The molecule has 6 nitrogen and oxygen atoms in total. The highest BCUT2D eigenvalue weighted by atomic mass is 16.2. The molecule has 0 bridgehead atoms. The van der Waals surface area contributed by atoms with Crippen LogP contribution >= 0.6 is 0 Å². The Bertz CT molecular complexity index is 702. The summed E-state index contributed by atoms with van der Waals surface area (Å²) < 4.78 is 0. The van der Waals surface area contributed by atoms with Gasteiger partial charge in [0.25, 0.3) is 0 Å². The van der Waals surface area contributed by atoms with Gasteiger partial charge in [-0.3, -0.25) is 14.4 Å². The Morgan fingerprint density at radius 2 is 1.46 bits per heavy atom. The predicted molar refractivity (Wildman–Crippen MR) is 92.6 cm³/mol. The fourth-order valence-corrected chi connectivity index (χ4v) is 2.10. The van der Waals surface area contributed by atoms with E-state index in [-0.39, 0.29) is 24.9 Å². The van der Waals surface area contributed by atoms with Crippen LogP contribution in [-0.4, -0.2) is 30.8 Å². The number of benzene rings is 2. The third-order valence-electron chi connectivity index (χ3n) is 3.25. The first-order valence-electron chi connectivity index (χ1n) is 7.51. The Morgan fingerprint density at radius 3 is 2.04 bits per heavy atom. The molecule has 124 valence electrons. The minimum Gasteiger partial charge on any atom is -0.345 e. The van der Waals surface area contributed by atoms with Crippen molar-refractivity contribution in [1.29, 1.82) is 0 Å². The van der Waals surface area contributed by atoms with Gasteiger partial charge in [-0.15, -0.1) is 0 Å². The molecule has 3 amide bonds. The van der Waals surface area contributed by atoms with Gasteiger partial charge < -0.3 is 15.5 Å². The van der Waals surface area contributed by atoms with E-state index in [1.807, 2.05) is 12.1 Å². The second-order valence-electron chi connectivity index (χ2n) is 5.13. The van der Waals surface area contributed by atoms with Crippen LogP contribution < -0.4 is 15.5 Å². The summed E-state index contributed by atoms with van der Waals surface area (Å²) in [5, 5.41) is 5.18. The van der Waals surface area contributed by atoms with Crippen molar-refractivity contribution in [1.82, 2.24) is 5.32 Å². The predicted octanol–water partition coefficient (Wildman–Crippen LogP) is 1.79. The van der Waals surface area contributed by atoms with Crippen molar-refractivity contribution in [3.63, 3.8) is 0 Å². The van der Waals surface area contributed by atoms with Crippen molar-refractivity contribution < 1.29 is 14.4 Å². The SMILES string of the molecule is CC(=O)N(CC(=O)NCC(=O)Nc1ccccc1)c1ccccc1. The summed E-state index contributed by atoms with van der Waals surface area (Å²) in [6, 6.07) is 17.9. The number of anilines is 2. The summed E-state index contributed by atoms with van der Waals surface area (Å²) in [7, 11) is 0. The monoisotopic (exact) mass is 325 g/mol. The number of carbonyl (C=O) groups is 3. The molecule has 0 unspecified atom stereocenters. The van der Waals surface area contributed by atoms with Crippen LogP contribution in [0.5, 0.6) is 0 Å². The number of nitrogens with one attached hydrogen (secondary N) is 2. The van der Waals surface area contributed by atoms with E-state index in [2.05, 4.69) is 10.6 Å². The zero-order valence-electron chi connectivity index (χ0n) is 13.4. The number of carbonyl (C=O) groups excluding carboxylic acids is 3. The number of nitrogens with zero attached hydrogens (tertiary/aromatic N) is 1. The minimum absolute atomic E-state index is 0.141. The summed E-state index contributed by atoms with van der Waals surface area (Å²) in [6.45, 7) is 1.09. The van der Waals surface area contributed by atoms with Gasteiger partial charge in [0.1, 0.15) is 6.54 Å². The fourth-order valence-electron chi connectivity index (χ4n) is 2.10. The molecule has 0 saturated heterocycles. The standard InChI is InChI=1S/C18H19N3O3/c1-14(22)21(16-10-6-3-7-11-16)13-18(24)19-12-17(23)20-15-8-4-2-5-9-15/h2-11H,12-13H2,1H3,(H,19,24)(H,20,23). The maximum atomic E-state index is 12.0. The Balaban J connectivity index is 1.85. The molecule has 2 rings (SSSR count). The van der Waals surface area contributed by atoms with Crippen LogP contribution in [0.15, 0.2) is 60.7 Å². The van der Waals surface area contributed by atoms with E-state index < -0.39 is 5.91 Å².